The van der Waals surface area contributed by atoms with E-state index in [4.69, 9.17) is 0 Å². The molecule has 1 saturated carbocycles. The Kier molecular flexibility index (Phi) is 7.01. The predicted octanol–water partition coefficient (Wildman–Crippen LogP) is 6.50. The molecule has 2 fully saturated rings. The van der Waals surface area contributed by atoms with Crippen LogP contribution < -0.4 is 10.2 Å². The van der Waals surface area contributed by atoms with Gasteiger partial charge in [0.15, 0.2) is 0 Å². The van der Waals surface area contributed by atoms with Crippen molar-refractivity contribution >= 4 is 35.0 Å². The first-order chi connectivity index (χ1) is 15.0. The highest BCUT2D eigenvalue weighted by molar-refractivity contribution is 8.00. The molecule has 4 rings (SSSR count). The Bertz CT molecular complexity index is 902. The van der Waals surface area contributed by atoms with Gasteiger partial charge in [0.2, 0.25) is 11.8 Å². The fraction of sp³-hybridized carbons (Fsp3) is 0.462. The Hall–Kier alpha value is -2.27. The van der Waals surface area contributed by atoms with E-state index in [9.17, 15) is 9.59 Å². The zero-order valence-corrected chi connectivity index (χ0v) is 19.3. The van der Waals surface area contributed by atoms with Crippen LogP contribution in [0.3, 0.4) is 0 Å². The molecule has 0 aromatic heterocycles. The molecule has 1 aliphatic heterocycles. The second-order valence-electron chi connectivity index (χ2n) is 9.03. The van der Waals surface area contributed by atoms with Crippen molar-refractivity contribution in [2.75, 3.05) is 16.0 Å². The molecule has 31 heavy (non-hydrogen) atoms. The summed E-state index contributed by atoms with van der Waals surface area (Å²) < 4.78 is 0. The van der Waals surface area contributed by atoms with Crippen LogP contribution in [-0.2, 0) is 9.59 Å². The summed E-state index contributed by atoms with van der Waals surface area (Å²) >= 11 is 1.65. The number of hydrogen-bond acceptors (Lipinski definition) is 3. The SMILES string of the molecule is CC(C)c1ccc(N2C(=O)CSC2c2ccc(NC(=O)CCC3CCCC3)cc2)cc1. The molecule has 0 radical (unpaired) electrons. The number of amides is 2. The van der Waals surface area contributed by atoms with Crippen LogP contribution in [0.25, 0.3) is 0 Å². The normalized spacial score (nSPS) is 19.4. The summed E-state index contributed by atoms with van der Waals surface area (Å²) in [7, 11) is 0. The lowest BCUT2D eigenvalue weighted by Gasteiger charge is -2.25. The van der Waals surface area contributed by atoms with Crippen LogP contribution in [0, 0.1) is 5.92 Å². The molecule has 1 unspecified atom stereocenters. The van der Waals surface area contributed by atoms with E-state index in [2.05, 4.69) is 31.3 Å². The fourth-order valence-electron chi connectivity index (χ4n) is 4.56. The van der Waals surface area contributed by atoms with Gasteiger partial charge in [-0.3, -0.25) is 14.5 Å². The van der Waals surface area contributed by atoms with Crippen LogP contribution >= 0.6 is 11.8 Å². The average molecular weight is 437 g/mol. The van der Waals surface area contributed by atoms with Crippen LogP contribution in [0.2, 0.25) is 0 Å². The largest absolute Gasteiger partial charge is 0.326 e. The molecule has 1 N–H and O–H groups in total. The molecule has 1 aliphatic carbocycles. The van der Waals surface area contributed by atoms with Crippen molar-refractivity contribution in [2.24, 2.45) is 5.92 Å². The molecule has 2 amide bonds. The fourth-order valence-corrected chi connectivity index (χ4v) is 5.74. The molecular formula is C26H32N2O2S. The number of benzene rings is 2. The lowest BCUT2D eigenvalue weighted by molar-refractivity contribution is -0.117. The molecule has 2 aromatic rings. The Morgan fingerprint density at radius 2 is 1.74 bits per heavy atom. The third kappa shape index (κ3) is 5.32. The summed E-state index contributed by atoms with van der Waals surface area (Å²) in [6, 6.07) is 16.3. The minimum Gasteiger partial charge on any atom is -0.326 e. The standard InChI is InChI=1S/C26H32N2O2S/c1-18(2)20-10-14-23(15-11-20)28-25(30)17-31-26(28)21-8-12-22(13-9-21)27-24(29)16-7-19-5-3-4-6-19/h8-15,18-19,26H,3-7,16-17H2,1-2H3,(H,27,29). The van der Waals surface area contributed by atoms with E-state index in [1.807, 2.05) is 41.3 Å². The number of anilines is 2. The summed E-state index contributed by atoms with van der Waals surface area (Å²) in [6.07, 6.45) is 6.77. The highest BCUT2D eigenvalue weighted by Crippen LogP contribution is 2.42. The zero-order chi connectivity index (χ0) is 21.8. The minimum atomic E-state index is -0.0375. The Morgan fingerprint density at radius 1 is 1.06 bits per heavy atom. The van der Waals surface area contributed by atoms with Gasteiger partial charge in [0.25, 0.3) is 0 Å². The van der Waals surface area contributed by atoms with Gasteiger partial charge in [0, 0.05) is 17.8 Å². The van der Waals surface area contributed by atoms with Crippen molar-refractivity contribution in [1.82, 2.24) is 0 Å². The van der Waals surface area contributed by atoms with Crippen molar-refractivity contribution in [3.63, 3.8) is 0 Å². The maximum atomic E-state index is 12.6. The highest BCUT2D eigenvalue weighted by Gasteiger charge is 2.34. The van der Waals surface area contributed by atoms with Gasteiger partial charge in [-0.15, -0.1) is 11.8 Å². The molecule has 2 aliphatic rings. The van der Waals surface area contributed by atoms with Crippen molar-refractivity contribution in [1.29, 1.82) is 0 Å². The van der Waals surface area contributed by atoms with Gasteiger partial charge < -0.3 is 5.32 Å². The van der Waals surface area contributed by atoms with Gasteiger partial charge >= 0.3 is 0 Å². The lowest BCUT2D eigenvalue weighted by Crippen LogP contribution is -2.27. The molecule has 0 spiro atoms. The van der Waals surface area contributed by atoms with E-state index in [1.54, 1.807) is 11.8 Å². The van der Waals surface area contributed by atoms with Gasteiger partial charge in [-0.2, -0.15) is 0 Å². The van der Waals surface area contributed by atoms with Crippen LogP contribution in [0.4, 0.5) is 11.4 Å². The number of nitrogens with zero attached hydrogens (tertiary/aromatic N) is 1. The molecule has 5 heteroatoms. The second-order valence-corrected chi connectivity index (χ2v) is 10.1. The highest BCUT2D eigenvalue weighted by atomic mass is 32.2. The Balaban J connectivity index is 1.40. The van der Waals surface area contributed by atoms with Crippen LogP contribution in [0.15, 0.2) is 48.5 Å². The van der Waals surface area contributed by atoms with Gasteiger partial charge in [-0.05, 0) is 53.6 Å². The predicted molar refractivity (Wildman–Crippen MR) is 129 cm³/mol. The summed E-state index contributed by atoms with van der Waals surface area (Å²) in [5.41, 5.74) is 4.11. The van der Waals surface area contributed by atoms with Gasteiger partial charge in [0.1, 0.15) is 5.37 Å². The van der Waals surface area contributed by atoms with Gasteiger partial charge in [-0.1, -0.05) is 63.8 Å². The number of thioether (sulfide) groups is 1. The molecule has 0 bridgehead atoms. The molecule has 1 heterocycles. The quantitative estimate of drug-likeness (QED) is 0.539. The van der Waals surface area contributed by atoms with E-state index < -0.39 is 0 Å². The summed E-state index contributed by atoms with van der Waals surface area (Å²) in [4.78, 5) is 26.8. The molecule has 4 nitrogen and oxygen atoms in total. The van der Waals surface area contributed by atoms with E-state index >= 15 is 0 Å². The molecule has 2 aromatic carbocycles. The number of carbonyl (C=O) groups excluding carboxylic acids is 2. The summed E-state index contributed by atoms with van der Waals surface area (Å²) in [6.45, 7) is 4.34. The topological polar surface area (TPSA) is 49.4 Å². The van der Waals surface area contributed by atoms with Crippen molar-refractivity contribution < 1.29 is 9.59 Å². The first-order valence-corrected chi connectivity index (χ1v) is 12.5. The maximum absolute atomic E-state index is 12.6. The smallest absolute Gasteiger partial charge is 0.238 e. The number of rotatable bonds is 7. The lowest BCUT2D eigenvalue weighted by atomic mass is 10.0. The monoisotopic (exact) mass is 436 g/mol. The van der Waals surface area contributed by atoms with Crippen molar-refractivity contribution in [2.45, 2.75) is 63.7 Å². The summed E-state index contributed by atoms with van der Waals surface area (Å²) in [5.74, 6) is 1.91. The third-order valence-electron chi connectivity index (χ3n) is 6.44. The van der Waals surface area contributed by atoms with E-state index in [0.29, 0.717) is 18.1 Å². The summed E-state index contributed by atoms with van der Waals surface area (Å²) in [5, 5.41) is 2.99. The first kappa shape index (κ1) is 21.9. The van der Waals surface area contributed by atoms with E-state index in [0.717, 1.165) is 29.3 Å². The molecular weight excluding hydrogens is 404 g/mol. The Labute approximate surface area is 189 Å². The zero-order valence-electron chi connectivity index (χ0n) is 18.5. The van der Waals surface area contributed by atoms with Crippen LogP contribution in [0.5, 0.6) is 0 Å². The minimum absolute atomic E-state index is 0.0375. The van der Waals surface area contributed by atoms with E-state index in [1.165, 1.54) is 31.2 Å². The maximum Gasteiger partial charge on any atom is 0.238 e. The number of carbonyl (C=O) groups is 2. The molecule has 164 valence electrons. The van der Waals surface area contributed by atoms with E-state index in [-0.39, 0.29) is 17.2 Å². The molecule has 1 atom stereocenters. The first-order valence-electron chi connectivity index (χ1n) is 11.4. The van der Waals surface area contributed by atoms with Crippen molar-refractivity contribution in [3.8, 4) is 0 Å². The van der Waals surface area contributed by atoms with Crippen LogP contribution in [0.1, 0.15) is 74.8 Å². The second kappa shape index (κ2) is 9.90. The Morgan fingerprint density at radius 3 is 2.39 bits per heavy atom. The van der Waals surface area contributed by atoms with Crippen LogP contribution in [-0.4, -0.2) is 17.6 Å². The van der Waals surface area contributed by atoms with Gasteiger partial charge in [0.05, 0.1) is 5.75 Å². The van der Waals surface area contributed by atoms with Crippen molar-refractivity contribution in [3.05, 3.63) is 59.7 Å². The average Bonchev–Trinajstić information content (AvgIpc) is 3.43. The molecule has 1 saturated heterocycles. The number of nitrogens with one attached hydrogen (secondary N) is 1. The van der Waals surface area contributed by atoms with Gasteiger partial charge in [-0.25, -0.2) is 0 Å². The third-order valence-corrected chi connectivity index (χ3v) is 7.65. The number of hydrogen-bond donors (Lipinski definition) is 1.